The monoisotopic (exact) mass is 452 g/mol. The standard InChI is InChI=1S/C26H32N2O5/c1-4-14-32-22-11-10-21(16-23(22)33-15-5-2)18(3)27-26(31)20-8-6-19(7-9-20)17-28-24(29)12-13-25(28)30/h6-11,16,18H,4-5,12-15,17H2,1-3H3,(H,27,31). The van der Waals surface area contributed by atoms with Crippen LogP contribution >= 0.6 is 0 Å². The van der Waals surface area contributed by atoms with Gasteiger partial charge in [0.15, 0.2) is 11.5 Å². The van der Waals surface area contributed by atoms with Gasteiger partial charge in [-0.15, -0.1) is 0 Å². The lowest BCUT2D eigenvalue weighted by molar-refractivity contribution is -0.139. The van der Waals surface area contributed by atoms with E-state index >= 15 is 0 Å². The lowest BCUT2D eigenvalue weighted by Crippen LogP contribution is -2.28. The minimum atomic E-state index is -0.235. The SMILES string of the molecule is CCCOc1ccc(C(C)NC(=O)c2ccc(CN3C(=O)CCC3=O)cc2)cc1OCCC. The Kier molecular flexibility index (Phi) is 8.46. The van der Waals surface area contributed by atoms with Crippen LogP contribution in [-0.4, -0.2) is 35.8 Å². The number of hydrogen-bond acceptors (Lipinski definition) is 5. The van der Waals surface area contributed by atoms with Crippen LogP contribution in [0.15, 0.2) is 42.5 Å². The smallest absolute Gasteiger partial charge is 0.251 e. The molecule has 7 heteroatoms. The maximum Gasteiger partial charge on any atom is 0.251 e. The van der Waals surface area contributed by atoms with E-state index in [0.717, 1.165) is 24.0 Å². The normalized spacial score (nSPS) is 14.3. The molecule has 0 spiro atoms. The highest BCUT2D eigenvalue weighted by Gasteiger charge is 2.28. The Hall–Kier alpha value is -3.35. The van der Waals surface area contributed by atoms with Crippen LogP contribution in [-0.2, 0) is 16.1 Å². The van der Waals surface area contributed by atoms with Crippen LogP contribution in [0, 0.1) is 0 Å². The van der Waals surface area contributed by atoms with E-state index in [2.05, 4.69) is 12.2 Å². The van der Waals surface area contributed by atoms with Gasteiger partial charge in [-0.2, -0.15) is 0 Å². The molecule has 0 radical (unpaired) electrons. The number of carbonyl (C=O) groups excluding carboxylic acids is 3. The van der Waals surface area contributed by atoms with Crippen LogP contribution in [0.3, 0.4) is 0 Å². The van der Waals surface area contributed by atoms with E-state index < -0.39 is 0 Å². The van der Waals surface area contributed by atoms with E-state index in [1.165, 1.54) is 4.90 Å². The zero-order chi connectivity index (χ0) is 23.8. The Labute approximate surface area is 195 Å². The summed E-state index contributed by atoms with van der Waals surface area (Å²) in [5, 5.41) is 3.01. The molecule has 1 saturated heterocycles. The molecule has 33 heavy (non-hydrogen) atoms. The van der Waals surface area contributed by atoms with Gasteiger partial charge in [-0.05, 0) is 55.2 Å². The molecular formula is C26H32N2O5. The fourth-order valence-corrected chi connectivity index (χ4v) is 3.56. The van der Waals surface area contributed by atoms with E-state index in [1.54, 1.807) is 24.3 Å². The first-order valence-corrected chi connectivity index (χ1v) is 11.6. The maximum absolute atomic E-state index is 12.8. The third kappa shape index (κ3) is 6.34. The lowest BCUT2D eigenvalue weighted by atomic mass is 10.1. The van der Waals surface area contributed by atoms with Crippen molar-refractivity contribution in [3.63, 3.8) is 0 Å². The second kappa shape index (κ2) is 11.5. The minimum absolute atomic E-state index is 0.149. The molecule has 1 aliphatic rings. The minimum Gasteiger partial charge on any atom is -0.490 e. The van der Waals surface area contributed by atoms with E-state index in [4.69, 9.17) is 9.47 Å². The predicted molar refractivity (Wildman–Crippen MR) is 125 cm³/mol. The molecule has 1 N–H and O–H groups in total. The van der Waals surface area contributed by atoms with Crippen molar-refractivity contribution in [3.05, 3.63) is 59.2 Å². The molecule has 176 valence electrons. The number of nitrogens with one attached hydrogen (secondary N) is 1. The summed E-state index contributed by atoms with van der Waals surface area (Å²) in [6.07, 6.45) is 2.34. The lowest BCUT2D eigenvalue weighted by Gasteiger charge is -2.18. The van der Waals surface area contributed by atoms with Gasteiger partial charge in [0.1, 0.15) is 0 Å². The Morgan fingerprint density at radius 2 is 1.55 bits per heavy atom. The molecule has 0 bridgehead atoms. The van der Waals surface area contributed by atoms with Crippen molar-refractivity contribution in [1.82, 2.24) is 10.2 Å². The maximum atomic E-state index is 12.8. The van der Waals surface area contributed by atoms with Crippen LogP contribution in [0.25, 0.3) is 0 Å². The Morgan fingerprint density at radius 1 is 0.939 bits per heavy atom. The Morgan fingerprint density at radius 3 is 2.15 bits per heavy atom. The summed E-state index contributed by atoms with van der Waals surface area (Å²) in [4.78, 5) is 37.6. The van der Waals surface area contributed by atoms with Crippen molar-refractivity contribution >= 4 is 17.7 Å². The molecule has 1 unspecified atom stereocenters. The van der Waals surface area contributed by atoms with Gasteiger partial charge in [-0.25, -0.2) is 0 Å². The number of ether oxygens (including phenoxy) is 2. The first-order valence-electron chi connectivity index (χ1n) is 11.6. The van der Waals surface area contributed by atoms with Gasteiger partial charge in [0.25, 0.3) is 5.91 Å². The predicted octanol–water partition coefficient (Wildman–Crippen LogP) is 4.40. The second-order valence-electron chi connectivity index (χ2n) is 8.17. The van der Waals surface area contributed by atoms with E-state index in [9.17, 15) is 14.4 Å². The number of hydrogen-bond donors (Lipinski definition) is 1. The molecule has 0 saturated carbocycles. The molecule has 3 rings (SSSR count). The number of benzene rings is 2. The Bertz CT molecular complexity index is 971. The van der Waals surface area contributed by atoms with Crippen LogP contribution in [0.4, 0.5) is 0 Å². The van der Waals surface area contributed by atoms with Gasteiger partial charge in [-0.1, -0.05) is 32.0 Å². The average molecular weight is 453 g/mol. The molecule has 3 amide bonds. The quantitative estimate of drug-likeness (QED) is 0.511. The van der Waals surface area contributed by atoms with Crippen molar-refractivity contribution in [2.75, 3.05) is 13.2 Å². The highest BCUT2D eigenvalue weighted by atomic mass is 16.5. The van der Waals surface area contributed by atoms with Gasteiger partial charge < -0.3 is 14.8 Å². The van der Waals surface area contributed by atoms with Gasteiger partial charge in [0, 0.05) is 18.4 Å². The molecule has 7 nitrogen and oxygen atoms in total. The molecular weight excluding hydrogens is 420 g/mol. The van der Waals surface area contributed by atoms with Gasteiger partial charge in [0.05, 0.1) is 25.8 Å². The highest BCUT2D eigenvalue weighted by Crippen LogP contribution is 2.31. The molecule has 2 aromatic rings. The topological polar surface area (TPSA) is 84.9 Å². The van der Waals surface area contributed by atoms with E-state index in [1.807, 2.05) is 32.0 Å². The van der Waals surface area contributed by atoms with Crippen molar-refractivity contribution in [2.24, 2.45) is 0 Å². The molecule has 2 aromatic carbocycles. The van der Waals surface area contributed by atoms with Crippen molar-refractivity contribution in [2.45, 2.75) is 59.0 Å². The summed E-state index contributed by atoms with van der Waals surface area (Å²) in [6, 6.07) is 12.5. The third-order valence-corrected chi connectivity index (χ3v) is 5.45. The fourth-order valence-electron chi connectivity index (χ4n) is 3.56. The largest absolute Gasteiger partial charge is 0.490 e. The average Bonchev–Trinajstić information content (AvgIpc) is 3.14. The number of imide groups is 1. The first-order chi connectivity index (χ1) is 15.9. The van der Waals surface area contributed by atoms with Crippen LogP contribution < -0.4 is 14.8 Å². The number of rotatable bonds is 11. The van der Waals surface area contributed by atoms with Crippen LogP contribution in [0.2, 0.25) is 0 Å². The molecule has 1 aliphatic heterocycles. The number of nitrogens with zero attached hydrogens (tertiary/aromatic N) is 1. The highest BCUT2D eigenvalue weighted by molar-refractivity contribution is 6.01. The van der Waals surface area contributed by atoms with Crippen molar-refractivity contribution < 1.29 is 23.9 Å². The van der Waals surface area contributed by atoms with E-state index in [0.29, 0.717) is 30.3 Å². The first kappa shape index (κ1) is 24.3. The molecule has 0 aromatic heterocycles. The Balaban J connectivity index is 1.64. The summed E-state index contributed by atoms with van der Waals surface area (Å²) in [7, 11) is 0. The second-order valence-corrected chi connectivity index (χ2v) is 8.17. The summed E-state index contributed by atoms with van der Waals surface area (Å²) >= 11 is 0. The number of carbonyl (C=O) groups is 3. The van der Waals surface area contributed by atoms with Crippen LogP contribution in [0.1, 0.15) is 74.0 Å². The summed E-state index contributed by atoms with van der Waals surface area (Å²) < 4.78 is 11.6. The van der Waals surface area contributed by atoms with E-state index in [-0.39, 0.29) is 43.1 Å². The third-order valence-electron chi connectivity index (χ3n) is 5.45. The van der Waals surface area contributed by atoms with Gasteiger partial charge in [-0.3, -0.25) is 19.3 Å². The number of amides is 3. The summed E-state index contributed by atoms with van der Waals surface area (Å²) in [5.74, 6) is 0.884. The van der Waals surface area contributed by atoms with Crippen molar-refractivity contribution in [1.29, 1.82) is 0 Å². The van der Waals surface area contributed by atoms with Gasteiger partial charge in [0.2, 0.25) is 11.8 Å². The molecule has 0 aliphatic carbocycles. The zero-order valence-electron chi connectivity index (χ0n) is 19.6. The molecule has 1 fully saturated rings. The number of likely N-dealkylation sites (tertiary alicyclic amines) is 1. The summed E-state index contributed by atoms with van der Waals surface area (Å²) in [6.45, 7) is 7.46. The molecule has 1 atom stereocenters. The fraction of sp³-hybridized carbons (Fsp3) is 0.423. The van der Waals surface area contributed by atoms with Crippen LogP contribution in [0.5, 0.6) is 11.5 Å². The molecule has 1 heterocycles. The van der Waals surface area contributed by atoms with Crippen molar-refractivity contribution in [3.8, 4) is 11.5 Å². The van der Waals surface area contributed by atoms with Gasteiger partial charge >= 0.3 is 0 Å². The zero-order valence-corrected chi connectivity index (χ0v) is 19.6. The summed E-state index contributed by atoms with van der Waals surface area (Å²) in [5.41, 5.74) is 2.24.